The van der Waals surface area contributed by atoms with Gasteiger partial charge in [-0.3, -0.25) is 9.59 Å². The van der Waals surface area contributed by atoms with E-state index >= 15 is 0 Å². The van der Waals surface area contributed by atoms with E-state index in [1.165, 1.54) is 19.3 Å². The molecule has 2 heterocycles. The topological polar surface area (TPSA) is 120 Å². The predicted molar refractivity (Wildman–Crippen MR) is 117 cm³/mol. The molecule has 1 aromatic rings. The molecule has 168 valence electrons. The van der Waals surface area contributed by atoms with Crippen LogP contribution >= 0.6 is 0 Å². The second-order valence-electron chi connectivity index (χ2n) is 9.02. The van der Waals surface area contributed by atoms with Crippen LogP contribution in [0.25, 0.3) is 0 Å². The Morgan fingerprint density at radius 2 is 2.03 bits per heavy atom. The van der Waals surface area contributed by atoms with E-state index in [0.29, 0.717) is 36.9 Å². The molecule has 1 saturated carbocycles. The van der Waals surface area contributed by atoms with Crippen LogP contribution in [0.4, 0.5) is 0 Å². The Labute approximate surface area is 183 Å². The van der Waals surface area contributed by atoms with Gasteiger partial charge in [-0.05, 0) is 55.7 Å². The van der Waals surface area contributed by atoms with E-state index in [-0.39, 0.29) is 23.7 Å². The number of nitrogens with zero attached hydrogens (tertiary/aromatic N) is 2. The van der Waals surface area contributed by atoms with Crippen molar-refractivity contribution in [3.05, 3.63) is 35.4 Å². The molecule has 2 aliphatic heterocycles. The van der Waals surface area contributed by atoms with Crippen molar-refractivity contribution in [3.63, 3.8) is 0 Å². The summed E-state index contributed by atoms with van der Waals surface area (Å²) in [6.07, 6.45) is 7.50. The summed E-state index contributed by atoms with van der Waals surface area (Å²) in [5.74, 6) is 1.06. The van der Waals surface area contributed by atoms with Crippen molar-refractivity contribution in [2.24, 2.45) is 22.7 Å². The normalized spacial score (nSPS) is 28.8. The Morgan fingerprint density at radius 1 is 1.19 bits per heavy atom. The maximum absolute atomic E-state index is 13.4. The zero-order chi connectivity index (χ0) is 21.8. The molecule has 8 nitrogen and oxygen atoms in total. The molecule has 1 aromatic carbocycles. The first-order valence-corrected chi connectivity index (χ1v) is 11.5. The fourth-order valence-electron chi connectivity index (χ4n) is 5.57. The van der Waals surface area contributed by atoms with Crippen LogP contribution < -0.4 is 16.4 Å². The van der Waals surface area contributed by atoms with Gasteiger partial charge in [0, 0.05) is 18.7 Å². The molecule has 2 saturated heterocycles. The molecular formula is C23H33N5O3. The van der Waals surface area contributed by atoms with Gasteiger partial charge in [0.15, 0.2) is 5.84 Å². The van der Waals surface area contributed by atoms with Crippen molar-refractivity contribution in [2.75, 3.05) is 13.1 Å². The summed E-state index contributed by atoms with van der Waals surface area (Å²) in [6.45, 7) is 1.86. The van der Waals surface area contributed by atoms with Gasteiger partial charge in [0.25, 0.3) is 0 Å². The highest BCUT2D eigenvalue weighted by molar-refractivity contribution is 5.97. The highest BCUT2D eigenvalue weighted by atomic mass is 16.4. The number of rotatable bonds is 5. The smallest absolute Gasteiger partial charge is 0.243 e. The van der Waals surface area contributed by atoms with E-state index in [1.807, 2.05) is 6.07 Å². The van der Waals surface area contributed by atoms with Crippen LogP contribution in [0, 0.1) is 11.8 Å². The quantitative estimate of drug-likeness (QED) is 0.246. The first-order chi connectivity index (χ1) is 15.1. The van der Waals surface area contributed by atoms with E-state index in [4.69, 9.17) is 10.9 Å². The number of oxime groups is 1. The lowest BCUT2D eigenvalue weighted by molar-refractivity contribution is -0.142. The van der Waals surface area contributed by atoms with Crippen molar-refractivity contribution >= 4 is 17.6 Å². The average Bonchev–Trinajstić information content (AvgIpc) is 3.31. The molecule has 5 N–H and O–H groups in total. The molecule has 3 fully saturated rings. The largest absolute Gasteiger partial charge is 0.409 e. The monoisotopic (exact) mass is 427 g/mol. The summed E-state index contributed by atoms with van der Waals surface area (Å²) in [5, 5.41) is 18.3. The molecule has 31 heavy (non-hydrogen) atoms. The standard InChI is InChI=1S/C23H33N5O3/c24-21(27-31)17-7-3-5-15(13-17)14-26-22(29)19-9-4-12-28(19)23(30)20-18-8-2-1-6-16(18)10-11-25-20/h3,5,7,13,16,18-20,25,31H,1-2,4,6,8-12,14H2,(H2,24,27)(H,26,29)/t16-,18-,19-,20+/m0/s1. The lowest BCUT2D eigenvalue weighted by Crippen LogP contribution is -2.58. The summed E-state index contributed by atoms with van der Waals surface area (Å²) < 4.78 is 0. The first-order valence-electron chi connectivity index (χ1n) is 11.5. The Morgan fingerprint density at radius 3 is 2.87 bits per heavy atom. The number of benzene rings is 1. The molecule has 0 spiro atoms. The number of carbonyl (C=O) groups excluding carboxylic acids is 2. The lowest BCUT2D eigenvalue weighted by Gasteiger charge is -2.43. The number of fused-ring (bicyclic) bond motifs is 1. The van der Waals surface area contributed by atoms with E-state index in [0.717, 1.165) is 31.4 Å². The summed E-state index contributed by atoms with van der Waals surface area (Å²) >= 11 is 0. The van der Waals surface area contributed by atoms with E-state index in [9.17, 15) is 9.59 Å². The van der Waals surface area contributed by atoms with Gasteiger partial charge >= 0.3 is 0 Å². The molecule has 2 amide bonds. The zero-order valence-corrected chi connectivity index (χ0v) is 17.9. The van der Waals surface area contributed by atoms with Crippen LogP contribution in [0.3, 0.4) is 0 Å². The van der Waals surface area contributed by atoms with Crippen LogP contribution in [0.15, 0.2) is 29.4 Å². The second-order valence-corrected chi connectivity index (χ2v) is 9.02. The minimum atomic E-state index is -0.412. The minimum Gasteiger partial charge on any atom is -0.409 e. The Kier molecular flexibility index (Phi) is 6.75. The third-order valence-corrected chi connectivity index (χ3v) is 7.18. The van der Waals surface area contributed by atoms with Gasteiger partial charge in [0.05, 0.1) is 6.04 Å². The highest BCUT2D eigenvalue weighted by Gasteiger charge is 2.43. The lowest BCUT2D eigenvalue weighted by atomic mass is 9.71. The van der Waals surface area contributed by atoms with Crippen LogP contribution in [-0.4, -0.2) is 52.9 Å². The van der Waals surface area contributed by atoms with Crippen molar-refractivity contribution in [2.45, 2.75) is 63.6 Å². The minimum absolute atomic E-state index is 0.0294. The van der Waals surface area contributed by atoms with Gasteiger partial charge in [-0.2, -0.15) is 0 Å². The summed E-state index contributed by atoms with van der Waals surface area (Å²) in [5.41, 5.74) is 7.10. The third kappa shape index (κ3) is 4.69. The molecule has 0 bridgehead atoms. The van der Waals surface area contributed by atoms with Crippen molar-refractivity contribution in [1.82, 2.24) is 15.5 Å². The predicted octanol–water partition coefficient (Wildman–Crippen LogP) is 1.56. The average molecular weight is 428 g/mol. The molecule has 0 aromatic heterocycles. The molecule has 1 aliphatic carbocycles. The van der Waals surface area contributed by atoms with Gasteiger partial charge in [0.1, 0.15) is 6.04 Å². The van der Waals surface area contributed by atoms with Crippen LogP contribution in [0.1, 0.15) is 56.1 Å². The number of amidine groups is 1. The molecule has 4 rings (SSSR count). The van der Waals surface area contributed by atoms with Crippen molar-refractivity contribution in [3.8, 4) is 0 Å². The fraction of sp³-hybridized carbons (Fsp3) is 0.609. The molecule has 4 atom stereocenters. The highest BCUT2D eigenvalue weighted by Crippen LogP contribution is 2.37. The Bertz CT molecular complexity index is 840. The van der Waals surface area contributed by atoms with E-state index < -0.39 is 6.04 Å². The zero-order valence-electron chi connectivity index (χ0n) is 17.9. The van der Waals surface area contributed by atoms with E-state index in [2.05, 4.69) is 15.8 Å². The maximum atomic E-state index is 13.4. The number of likely N-dealkylation sites (tertiary alicyclic amines) is 1. The van der Waals surface area contributed by atoms with Gasteiger partial charge < -0.3 is 26.5 Å². The molecule has 8 heteroatoms. The molecule has 0 unspecified atom stereocenters. The Balaban J connectivity index is 1.39. The van der Waals surface area contributed by atoms with Crippen molar-refractivity contribution in [1.29, 1.82) is 0 Å². The third-order valence-electron chi connectivity index (χ3n) is 7.18. The number of piperidine rings is 1. The molecular weight excluding hydrogens is 394 g/mol. The van der Waals surface area contributed by atoms with Gasteiger partial charge in [-0.25, -0.2) is 0 Å². The van der Waals surface area contributed by atoms with E-state index in [1.54, 1.807) is 23.1 Å². The maximum Gasteiger partial charge on any atom is 0.243 e. The number of nitrogens with two attached hydrogens (primary N) is 1. The SMILES string of the molecule is NC(=NO)c1cccc(CNC(=O)[C@@H]2CCCN2C(=O)[C@@H]2NCC[C@@H]3CCCC[C@@H]32)c1. The van der Waals surface area contributed by atoms with Gasteiger partial charge in [-0.15, -0.1) is 0 Å². The van der Waals surface area contributed by atoms with Crippen molar-refractivity contribution < 1.29 is 14.8 Å². The summed E-state index contributed by atoms with van der Waals surface area (Å²) in [7, 11) is 0. The first kappa shape index (κ1) is 21.6. The number of nitrogens with one attached hydrogen (secondary N) is 2. The fourth-order valence-corrected chi connectivity index (χ4v) is 5.57. The number of hydrogen-bond acceptors (Lipinski definition) is 5. The number of hydrogen-bond donors (Lipinski definition) is 4. The second kappa shape index (κ2) is 9.68. The van der Waals surface area contributed by atoms with Crippen LogP contribution in [-0.2, 0) is 16.1 Å². The van der Waals surface area contributed by atoms with Gasteiger partial charge in [-0.1, -0.05) is 42.6 Å². The van der Waals surface area contributed by atoms with Gasteiger partial charge in [0.2, 0.25) is 11.8 Å². The summed E-state index contributed by atoms with van der Waals surface area (Å²) in [6, 6.07) is 6.64. The van der Waals surface area contributed by atoms with Crippen LogP contribution in [0.5, 0.6) is 0 Å². The van der Waals surface area contributed by atoms with Crippen LogP contribution in [0.2, 0.25) is 0 Å². The molecule has 3 aliphatic rings. The molecule has 0 radical (unpaired) electrons. The number of amides is 2. The number of carbonyl (C=O) groups is 2. The Hall–Kier alpha value is -2.61. The summed E-state index contributed by atoms with van der Waals surface area (Å²) in [4.78, 5) is 28.2.